The average Bonchev–Trinajstić information content (AvgIpc) is 3.11. The predicted octanol–water partition coefficient (Wildman–Crippen LogP) is 6.47. The van der Waals surface area contributed by atoms with Gasteiger partial charge in [-0.15, -0.1) is 0 Å². The van der Waals surface area contributed by atoms with Crippen molar-refractivity contribution in [2.45, 2.75) is 45.1 Å². The molecule has 0 aliphatic heterocycles. The van der Waals surface area contributed by atoms with Crippen molar-refractivity contribution in [3.05, 3.63) is 166 Å². The van der Waals surface area contributed by atoms with Crippen LogP contribution >= 0.6 is 0 Å². The number of hydrogen-bond acceptors (Lipinski definition) is 7. The van der Waals surface area contributed by atoms with E-state index in [1.165, 1.54) is 17.6 Å². The number of aliphatic hydroxyl groups excluding tert-OH is 1. The van der Waals surface area contributed by atoms with Crippen LogP contribution in [-0.2, 0) is 34.0 Å². The van der Waals surface area contributed by atoms with Gasteiger partial charge in [-0.05, 0) is 53.9 Å². The van der Waals surface area contributed by atoms with E-state index in [4.69, 9.17) is 18.9 Å². The van der Waals surface area contributed by atoms with E-state index in [1.54, 1.807) is 37.6 Å². The van der Waals surface area contributed by atoms with Gasteiger partial charge in [0.1, 0.15) is 24.1 Å². The lowest BCUT2D eigenvalue weighted by atomic mass is 9.98. The van der Waals surface area contributed by atoms with Crippen molar-refractivity contribution < 1.29 is 28.8 Å². The fourth-order valence-corrected chi connectivity index (χ4v) is 5.22. The van der Waals surface area contributed by atoms with Crippen LogP contribution in [0.3, 0.4) is 0 Å². The summed E-state index contributed by atoms with van der Waals surface area (Å²) < 4.78 is 25.7. The Morgan fingerprint density at radius 3 is 1.81 bits per heavy atom. The van der Waals surface area contributed by atoms with Crippen molar-refractivity contribution in [1.29, 1.82) is 0 Å². The first-order chi connectivity index (χ1) is 22.9. The first-order valence-corrected chi connectivity index (χ1v) is 15.5. The number of carbonyl (C=O) groups excluding carboxylic acids is 1. The molecule has 0 saturated heterocycles. The minimum absolute atomic E-state index is 0.0109. The number of ketones is 1. The number of hydrogen-bond donors (Lipinski definition) is 1. The van der Waals surface area contributed by atoms with Crippen LogP contribution in [0.15, 0.2) is 132 Å². The fourth-order valence-electron chi connectivity index (χ4n) is 5.22. The minimum atomic E-state index is -1.13. The van der Waals surface area contributed by atoms with Crippen molar-refractivity contribution in [1.82, 2.24) is 4.57 Å². The Bertz CT molecular complexity index is 1760. The second kappa shape index (κ2) is 16.6. The quantitative estimate of drug-likeness (QED) is 0.125. The number of nitrogens with zero attached hydrogens (tertiary/aromatic N) is 1. The summed E-state index contributed by atoms with van der Waals surface area (Å²) in [6.45, 7) is 1.98. The van der Waals surface area contributed by atoms with Crippen molar-refractivity contribution in [3.63, 3.8) is 0 Å². The van der Waals surface area contributed by atoms with E-state index in [0.717, 1.165) is 16.7 Å². The predicted molar refractivity (Wildman–Crippen MR) is 180 cm³/mol. The molecule has 3 atom stereocenters. The number of carbonyl (C=O) groups is 1. The van der Waals surface area contributed by atoms with E-state index >= 15 is 0 Å². The van der Waals surface area contributed by atoms with E-state index in [1.807, 2.05) is 91.0 Å². The first kappa shape index (κ1) is 33.5. The molecule has 1 aromatic heterocycles. The van der Waals surface area contributed by atoms with Crippen molar-refractivity contribution in [2.75, 3.05) is 13.7 Å². The van der Waals surface area contributed by atoms with Gasteiger partial charge in [0.05, 0.1) is 39.1 Å². The minimum Gasteiger partial charge on any atom is -0.497 e. The molecule has 0 fully saturated rings. The second-order valence-electron chi connectivity index (χ2n) is 11.2. The van der Waals surface area contributed by atoms with E-state index < -0.39 is 29.7 Å². The summed E-state index contributed by atoms with van der Waals surface area (Å²) >= 11 is 0. The van der Waals surface area contributed by atoms with Crippen LogP contribution in [0, 0.1) is 0 Å². The SMILES string of the molecule is COc1ccc(-n2cc([C@@H](OCc3ccccc3)[C@@H](OCc3ccccc3)[C@H](O)COCc3ccccc3)cc(C(C)=O)c2=O)cc1. The van der Waals surface area contributed by atoms with Gasteiger partial charge in [-0.1, -0.05) is 91.0 Å². The van der Waals surface area contributed by atoms with Gasteiger partial charge in [0, 0.05) is 17.4 Å². The Balaban J connectivity index is 1.55. The van der Waals surface area contributed by atoms with Crippen molar-refractivity contribution in [3.8, 4) is 11.4 Å². The third-order valence-corrected chi connectivity index (χ3v) is 7.73. The lowest BCUT2D eigenvalue weighted by Gasteiger charge is -2.32. The molecule has 8 heteroatoms. The zero-order valence-corrected chi connectivity index (χ0v) is 26.5. The molecule has 0 bridgehead atoms. The van der Waals surface area contributed by atoms with E-state index in [-0.39, 0.29) is 25.4 Å². The molecule has 0 unspecified atom stereocenters. The molecule has 5 rings (SSSR count). The van der Waals surface area contributed by atoms with Gasteiger partial charge in [-0.25, -0.2) is 0 Å². The molecule has 1 N–H and O–H groups in total. The van der Waals surface area contributed by atoms with Crippen LogP contribution in [0.4, 0.5) is 0 Å². The lowest BCUT2D eigenvalue weighted by molar-refractivity contribution is -0.150. The van der Waals surface area contributed by atoms with Gasteiger partial charge in [-0.3, -0.25) is 14.2 Å². The molecule has 47 heavy (non-hydrogen) atoms. The average molecular weight is 634 g/mol. The number of ether oxygens (including phenoxy) is 4. The molecule has 0 spiro atoms. The van der Waals surface area contributed by atoms with Crippen LogP contribution in [0.2, 0.25) is 0 Å². The molecular weight excluding hydrogens is 594 g/mol. The Labute approximate surface area is 274 Å². The molecule has 8 nitrogen and oxygen atoms in total. The van der Waals surface area contributed by atoms with Gasteiger partial charge in [0.2, 0.25) is 0 Å². The van der Waals surface area contributed by atoms with E-state index in [2.05, 4.69) is 0 Å². The van der Waals surface area contributed by atoms with Gasteiger partial charge < -0.3 is 24.1 Å². The highest BCUT2D eigenvalue weighted by molar-refractivity contribution is 5.94. The molecule has 1 heterocycles. The topological polar surface area (TPSA) is 96.2 Å². The number of aliphatic hydroxyl groups is 1. The van der Waals surface area contributed by atoms with Crippen LogP contribution in [0.5, 0.6) is 5.75 Å². The lowest BCUT2D eigenvalue weighted by Crippen LogP contribution is -2.40. The molecule has 5 aromatic rings. The summed E-state index contributed by atoms with van der Waals surface area (Å²) in [6, 6.07) is 37.5. The molecule has 4 aromatic carbocycles. The number of benzene rings is 4. The summed E-state index contributed by atoms with van der Waals surface area (Å²) in [5.74, 6) is 0.233. The molecule has 0 saturated carbocycles. The second-order valence-corrected chi connectivity index (χ2v) is 11.2. The molecule has 0 aliphatic rings. The Hall–Kier alpha value is -4.86. The van der Waals surface area contributed by atoms with Crippen LogP contribution in [-0.4, -0.2) is 41.4 Å². The van der Waals surface area contributed by atoms with E-state index in [0.29, 0.717) is 23.6 Å². The number of methoxy groups -OCH3 is 1. The maximum atomic E-state index is 13.6. The number of pyridine rings is 1. The summed E-state index contributed by atoms with van der Waals surface area (Å²) in [5, 5.41) is 11.7. The Morgan fingerprint density at radius 2 is 1.28 bits per heavy atom. The van der Waals surface area contributed by atoms with Gasteiger partial charge in [0.25, 0.3) is 5.56 Å². The highest BCUT2D eigenvalue weighted by Gasteiger charge is 2.33. The van der Waals surface area contributed by atoms with Crippen molar-refractivity contribution in [2.24, 2.45) is 0 Å². The van der Waals surface area contributed by atoms with Crippen LogP contribution in [0.25, 0.3) is 5.69 Å². The Morgan fingerprint density at radius 1 is 0.745 bits per heavy atom. The zero-order valence-electron chi connectivity index (χ0n) is 26.5. The van der Waals surface area contributed by atoms with Crippen LogP contribution < -0.4 is 10.3 Å². The third-order valence-electron chi connectivity index (χ3n) is 7.73. The maximum Gasteiger partial charge on any atom is 0.265 e. The smallest absolute Gasteiger partial charge is 0.265 e. The summed E-state index contributed by atoms with van der Waals surface area (Å²) in [6.07, 6.45) is -1.35. The van der Waals surface area contributed by atoms with Crippen LogP contribution in [0.1, 0.15) is 45.6 Å². The van der Waals surface area contributed by atoms with E-state index in [9.17, 15) is 14.7 Å². The maximum absolute atomic E-state index is 13.6. The molecule has 0 radical (unpaired) electrons. The standard InChI is InChI=1S/C39H39NO7/c1-28(41)35-22-32(23-40(39(35)43)33-18-20-34(44-2)21-19-33)37(46-25-30-14-8-4-9-15-30)38(47-26-31-16-10-5-11-17-31)36(42)27-45-24-29-12-6-3-7-13-29/h3-23,36-38,42H,24-27H2,1-2H3/t36-,37-,38+/m1/s1. The number of Topliss-reactive ketones (excluding diaryl/α,β-unsaturated/α-hetero) is 1. The molecule has 0 aliphatic carbocycles. The fraction of sp³-hybridized carbons (Fsp3) is 0.231. The molecular formula is C39H39NO7. The first-order valence-electron chi connectivity index (χ1n) is 15.5. The number of aromatic nitrogens is 1. The van der Waals surface area contributed by atoms with Crippen molar-refractivity contribution >= 4 is 5.78 Å². The number of rotatable bonds is 16. The summed E-state index contributed by atoms with van der Waals surface area (Å²) in [5.41, 5.74) is 3.33. The highest BCUT2D eigenvalue weighted by Crippen LogP contribution is 2.30. The Kier molecular flexibility index (Phi) is 11.9. The third kappa shape index (κ3) is 9.12. The van der Waals surface area contributed by atoms with Gasteiger partial charge >= 0.3 is 0 Å². The normalized spacial score (nSPS) is 13.1. The highest BCUT2D eigenvalue weighted by atomic mass is 16.6. The zero-order chi connectivity index (χ0) is 33.0. The molecule has 0 amide bonds. The largest absolute Gasteiger partial charge is 0.497 e. The monoisotopic (exact) mass is 633 g/mol. The molecule has 242 valence electrons. The summed E-state index contributed by atoms with van der Waals surface area (Å²) in [7, 11) is 1.56. The van der Waals surface area contributed by atoms with Gasteiger partial charge in [-0.2, -0.15) is 0 Å². The summed E-state index contributed by atoms with van der Waals surface area (Å²) in [4.78, 5) is 26.4. The van der Waals surface area contributed by atoms with Gasteiger partial charge in [0.15, 0.2) is 5.78 Å².